The van der Waals surface area contributed by atoms with Crippen LogP contribution in [0.2, 0.25) is 0 Å². The molecule has 0 amide bonds. The molecule has 0 saturated carbocycles. The fraction of sp³-hybridized carbons (Fsp3) is 0.211. The number of aromatic nitrogens is 1. The highest BCUT2D eigenvalue weighted by Gasteiger charge is 2.30. The molecule has 0 aliphatic carbocycles. The second-order valence-electron chi connectivity index (χ2n) is 6.03. The van der Waals surface area contributed by atoms with Gasteiger partial charge in [0.05, 0.1) is 16.8 Å². The second kappa shape index (κ2) is 5.82. The lowest BCUT2D eigenvalue weighted by atomic mass is 9.99. The lowest BCUT2D eigenvalue weighted by molar-refractivity contribution is -0.137. The fourth-order valence-electron chi connectivity index (χ4n) is 2.94. The Labute approximate surface area is 137 Å². The van der Waals surface area contributed by atoms with Crippen LogP contribution in [0.4, 0.5) is 13.2 Å². The van der Waals surface area contributed by atoms with Crippen molar-refractivity contribution in [2.45, 2.75) is 25.9 Å². The van der Waals surface area contributed by atoms with Gasteiger partial charge in [-0.1, -0.05) is 44.2 Å². The van der Waals surface area contributed by atoms with Crippen LogP contribution in [-0.2, 0) is 6.18 Å². The lowest BCUT2D eigenvalue weighted by Gasteiger charge is -2.08. The Morgan fingerprint density at radius 1 is 1.08 bits per heavy atom. The Morgan fingerprint density at radius 2 is 1.79 bits per heavy atom. The lowest BCUT2D eigenvalue weighted by Crippen LogP contribution is -2.04. The third kappa shape index (κ3) is 2.70. The molecule has 0 bridgehead atoms. The molecule has 2 nitrogen and oxygen atoms in total. The average molecular weight is 331 g/mol. The highest BCUT2D eigenvalue weighted by atomic mass is 19.4. The van der Waals surface area contributed by atoms with Gasteiger partial charge >= 0.3 is 6.18 Å². The van der Waals surface area contributed by atoms with Crippen molar-refractivity contribution in [1.82, 2.24) is 4.98 Å². The molecule has 0 aliphatic heterocycles. The Hall–Kier alpha value is -2.56. The molecule has 124 valence electrons. The monoisotopic (exact) mass is 331 g/mol. The molecule has 3 rings (SSSR count). The van der Waals surface area contributed by atoms with Gasteiger partial charge in [-0.3, -0.25) is 4.79 Å². The van der Waals surface area contributed by atoms with Gasteiger partial charge in [0.2, 0.25) is 0 Å². The number of alkyl halides is 3. The normalized spacial score (nSPS) is 12.1. The first-order valence-electron chi connectivity index (χ1n) is 7.60. The van der Waals surface area contributed by atoms with Crippen molar-refractivity contribution in [2.75, 3.05) is 0 Å². The van der Waals surface area contributed by atoms with Crippen LogP contribution in [-0.4, -0.2) is 11.3 Å². The molecule has 5 heteroatoms. The number of carbonyl (C=O) groups is 1. The first-order valence-corrected chi connectivity index (χ1v) is 7.60. The van der Waals surface area contributed by atoms with Crippen LogP contribution >= 0.6 is 0 Å². The molecule has 0 saturated heterocycles. The minimum Gasteiger partial charge on any atom is -0.354 e. The van der Waals surface area contributed by atoms with Gasteiger partial charge in [0.1, 0.15) is 0 Å². The number of hydrogen-bond acceptors (Lipinski definition) is 1. The maximum Gasteiger partial charge on any atom is 0.416 e. The van der Waals surface area contributed by atoms with Crippen molar-refractivity contribution >= 4 is 17.2 Å². The maximum absolute atomic E-state index is 13.0. The zero-order chi connectivity index (χ0) is 17.5. The largest absolute Gasteiger partial charge is 0.416 e. The summed E-state index contributed by atoms with van der Waals surface area (Å²) in [7, 11) is 0. The molecule has 2 aromatic carbocycles. The van der Waals surface area contributed by atoms with Crippen molar-refractivity contribution in [3.8, 4) is 11.3 Å². The Morgan fingerprint density at radius 3 is 2.42 bits per heavy atom. The van der Waals surface area contributed by atoms with E-state index in [4.69, 9.17) is 0 Å². The van der Waals surface area contributed by atoms with E-state index in [1.165, 1.54) is 6.07 Å². The van der Waals surface area contributed by atoms with Crippen LogP contribution < -0.4 is 0 Å². The van der Waals surface area contributed by atoms with Crippen LogP contribution in [0.25, 0.3) is 22.2 Å². The van der Waals surface area contributed by atoms with Gasteiger partial charge in [0, 0.05) is 10.9 Å². The number of rotatable bonds is 3. The van der Waals surface area contributed by atoms with E-state index in [1.807, 2.05) is 26.0 Å². The predicted octanol–water partition coefficient (Wildman–Crippen LogP) is 5.79. The second-order valence-corrected chi connectivity index (χ2v) is 6.03. The Bertz CT molecular complexity index is 907. The van der Waals surface area contributed by atoms with Crippen molar-refractivity contribution in [3.05, 3.63) is 59.2 Å². The van der Waals surface area contributed by atoms with E-state index in [2.05, 4.69) is 4.98 Å². The molecule has 24 heavy (non-hydrogen) atoms. The van der Waals surface area contributed by atoms with Crippen LogP contribution in [0.15, 0.2) is 42.5 Å². The summed E-state index contributed by atoms with van der Waals surface area (Å²) in [4.78, 5) is 14.8. The first-order chi connectivity index (χ1) is 11.3. The zero-order valence-electron chi connectivity index (χ0n) is 13.2. The number of hydrogen-bond donors (Lipinski definition) is 1. The quantitative estimate of drug-likeness (QED) is 0.605. The van der Waals surface area contributed by atoms with Crippen LogP contribution in [0.3, 0.4) is 0 Å². The molecule has 0 atom stereocenters. The van der Waals surface area contributed by atoms with Gasteiger partial charge in [0.15, 0.2) is 6.29 Å². The standard InChI is InChI=1S/C19H16F3NO/c1-11(2)14-7-4-8-15-16(10-24)17(23-18(14)15)12-5-3-6-13(9-12)19(20,21)22/h3-11,23H,1-2H3. The van der Waals surface area contributed by atoms with E-state index in [1.54, 1.807) is 12.1 Å². The van der Waals surface area contributed by atoms with E-state index < -0.39 is 11.7 Å². The Balaban J connectivity index is 2.27. The summed E-state index contributed by atoms with van der Waals surface area (Å²) in [6.07, 6.45) is -3.73. The molecule has 1 heterocycles. The van der Waals surface area contributed by atoms with E-state index in [9.17, 15) is 18.0 Å². The molecular weight excluding hydrogens is 315 g/mol. The average Bonchev–Trinajstić information content (AvgIpc) is 2.92. The number of aldehydes is 1. The maximum atomic E-state index is 13.0. The van der Waals surface area contributed by atoms with E-state index in [-0.39, 0.29) is 5.92 Å². The molecule has 3 aromatic rings. The minimum atomic E-state index is -4.42. The number of para-hydroxylation sites is 1. The molecule has 1 N–H and O–H groups in total. The predicted molar refractivity (Wildman–Crippen MR) is 88.2 cm³/mol. The molecule has 0 spiro atoms. The van der Waals surface area contributed by atoms with Gasteiger partial charge in [-0.05, 0) is 29.2 Å². The summed E-state index contributed by atoms with van der Waals surface area (Å²) >= 11 is 0. The van der Waals surface area contributed by atoms with Gasteiger partial charge in [-0.15, -0.1) is 0 Å². The number of carbonyl (C=O) groups excluding carboxylic acids is 1. The highest BCUT2D eigenvalue weighted by Crippen LogP contribution is 2.36. The Kier molecular flexibility index (Phi) is 3.95. The van der Waals surface area contributed by atoms with Gasteiger partial charge in [-0.25, -0.2) is 0 Å². The van der Waals surface area contributed by atoms with Crippen molar-refractivity contribution in [3.63, 3.8) is 0 Å². The van der Waals surface area contributed by atoms with E-state index >= 15 is 0 Å². The number of halogens is 3. The van der Waals surface area contributed by atoms with Crippen LogP contribution in [0, 0.1) is 0 Å². The molecule has 0 aliphatic rings. The highest BCUT2D eigenvalue weighted by molar-refractivity contribution is 6.05. The van der Waals surface area contributed by atoms with Gasteiger partial charge in [-0.2, -0.15) is 13.2 Å². The molecule has 1 aromatic heterocycles. The number of H-pyrrole nitrogens is 1. The smallest absolute Gasteiger partial charge is 0.354 e. The topological polar surface area (TPSA) is 32.9 Å². The minimum absolute atomic E-state index is 0.223. The number of nitrogens with one attached hydrogen (secondary N) is 1. The fourth-order valence-corrected chi connectivity index (χ4v) is 2.94. The molecular formula is C19H16F3NO. The zero-order valence-corrected chi connectivity index (χ0v) is 13.2. The van der Waals surface area contributed by atoms with E-state index in [0.717, 1.165) is 28.6 Å². The number of aromatic amines is 1. The van der Waals surface area contributed by atoms with Gasteiger partial charge < -0.3 is 4.98 Å². The first kappa shape index (κ1) is 16.3. The van der Waals surface area contributed by atoms with Crippen LogP contribution in [0.1, 0.15) is 41.3 Å². The summed E-state index contributed by atoms with van der Waals surface area (Å²) in [5, 5.41) is 0.726. The van der Waals surface area contributed by atoms with Crippen molar-refractivity contribution in [2.24, 2.45) is 0 Å². The summed E-state index contributed by atoms with van der Waals surface area (Å²) in [5.41, 5.74) is 2.22. The molecule has 0 unspecified atom stereocenters. The third-order valence-electron chi connectivity index (χ3n) is 4.12. The van der Waals surface area contributed by atoms with Crippen LogP contribution in [0.5, 0.6) is 0 Å². The number of fused-ring (bicyclic) bond motifs is 1. The summed E-state index contributed by atoms with van der Waals surface area (Å²) in [6.45, 7) is 4.06. The summed E-state index contributed by atoms with van der Waals surface area (Å²) in [6, 6.07) is 10.6. The SMILES string of the molecule is CC(C)c1cccc2c(C=O)c(-c3cccc(C(F)(F)F)c3)[nH]c12. The molecule has 0 fully saturated rings. The third-order valence-corrected chi connectivity index (χ3v) is 4.12. The summed E-state index contributed by atoms with van der Waals surface area (Å²) in [5.74, 6) is 0.223. The van der Waals surface area contributed by atoms with E-state index in [0.29, 0.717) is 23.1 Å². The van der Waals surface area contributed by atoms with Gasteiger partial charge in [0.25, 0.3) is 0 Å². The van der Waals surface area contributed by atoms with Crippen molar-refractivity contribution < 1.29 is 18.0 Å². The molecule has 0 radical (unpaired) electrons. The summed E-state index contributed by atoms with van der Waals surface area (Å²) < 4.78 is 38.9. The number of benzene rings is 2. The van der Waals surface area contributed by atoms with Crippen molar-refractivity contribution in [1.29, 1.82) is 0 Å².